The van der Waals surface area contributed by atoms with Gasteiger partial charge < -0.3 is 15.5 Å². The number of aliphatic hydroxyl groups is 2. The van der Waals surface area contributed by atoms with Crippen LogP contribution in [0.5, 0.6) is 0 Å². The fourth-order valence-electron chi connectivity index (χ4n) is 1.15. The summed E-state index contributed by atoms with van der Waals surface area (Å²) in [6.07, 6.45) is -0.208. The van der Waals surface area contributed by atoms with Crippen LogP contribution in [0.2, 0.25) is 0 Å². The average molecular weight is 191 g/mol. The van der Waals surface area contributed by atoms with E-state index >= 15 is 0 Å². The van der Waals surface area contributed by atoms with Gasteiger partial charge in [-0.1, -0.05) is 6.92 Å². The topological polar surface area (TPSA) is 52.5 Å². The molecule has 3 unspecified atom stereocenters. The molecule has 0 aromatic rings. The van der Waals surface area contributed by atoms with Crippen molar-refractivity contribution in [1.82, 2.24) is 5.32 Å². The summed E-state index contributed by atoms with van der Waals surface area (Å²) in [5.74, 6) is 1.27. The largest absolute Gasteiger partial charge is 0.396 e. The van der Waals surface area contributed by atoms with Crippen LogP contribution in [-0.2, 0) is 0 Å². The molecule has 1 aliphatic rings. The Balaban J connectivity index is 2.13. The summed E-state index contributed by atoms with van der Waals surface area (Å²) in [6, 6.07) is 0. The van der Waals surface area contributed by atoms with E-state index in [1.165, 1.54) is 0 Å². The summed E-state index contributed by atoms with van der Waals surface area (Å²) in [5, 5.41) is 21.7. The number of thioether (sulfide) groups is 1. The fourth-order valence-corrected chi connectivity index (χ4v) is 2.39. The Kier molecular flexibility index (Phi) is 4.35. The zero-order valence-electron chi connectivity index (χ0n) is 7.36. The van der Waals surface area contributed by atoms with E-state index in [1.54, 1.807) is 11.8 Å². The van der Waals surface area contributed by atoms with Crippen molar-refractivity contribution >= 4 is 11.8 Å². The summed E-state index contributed by atoms with van der Waals surface area (Å²) < 4.78 is 0. The summed E-state index contributed by atoms with van der Waals surface area (Å²) in [6.45, 7) is 3.86. The molecule has 0 amide bonds. The minimum Gasteiger partial charge on any atom is -0.396 e. The minimum atomic E-state index is -0.208. The molecule has 0 aromatic heterocycles. The number of aliphatic hydroxyl groups excluding tert-OH is 2. The van der Waals surface area contributed by atoms with E-state index in [1.807, 2.05) is 6.92 Å². The zero-order valence-corrected chi connectivity index (χ0v) is 8.18. The highest BCUT2D eigenvalue weighted by molar-refractivity contribution is 8.00. The van der Waals surface area contributed by atoms with Crippen molar-refractivity contribution in [3.8, 4) is 0 Å². The Morgan fingerprint density at radius 1 is 1.58 bits per heavy atom. The minimum absolute atomic E-state index is 0.208. The number of hydrogen-bond acceptors (Lipinski definition) is 4. The fraction of sp³-hybridized carbons (Fsp3) is 1.00. The maximum atomic E-state index is 9.43. The summed E-state index contributed by atoms with van der Waals surface area (Å²) in [4.78, 5) is 0. The van der Waals surface area contributed by atoms with E-state index in [0.717, 1.165) is 12.3 Å². The van der Waals surface area contributed by atoms with Gasteiger partial charge in [-0.15, -0.1) is 0 Å². The molecule has 0 saturated carbocycles. The third kappa shape index (κ3) is 2.94. The molecule has 1 aliphatic heterocycles. The first-order valence-electron chi connectivity index (χ1n) is 4.35. The highest BCUT2D eigenvalue weighted by atomic mass is 32.2. The van der Waals surface area contributed by atoms with Crippen LogP contribution in [-0.4, -0.2) is 47.0 Å². The van der Waals surface area contributed by atoms with Crippen LogP contribution in [0.3, 0.4) is 0 Å². The van der Waals surface area contributed by atoms with Crippen LogP contribution >= 0.6 is 11.8 Å². The number of hydrogen-bond donors (Lipinski definition) is 3. The van der Waals surface area contributed by atoms with Gasteiger partial charge in [0.25, 0.3) is 0 Å². The van der Waals surface area contributed by atoms with E-state index in [0.29, 0.717) is 17.7 Å². The predicted molar refractivity (Wildman–Crippen MR) is 51.4 cm³/mol. The Bertz CT molecular complexity index is 134. The molecule has 3 nitrogen and oxygen atoms in total. The molecule has 3 N–H and O–H groups in total. The molecule has 0 aromatic carbocycles. The number of nitrogens with one attached hydrogen (secondary N) is 1. The Morgan fingerprint density at radius 3 is 2.83 bits per heavy atom. The smallest absolute Gasteiger partial charge is 0.0795 e. The molecule has 1 fully saturated rings. The van der Waals surface area contributed by atoms with Gasteiger partial charge in [0.15, 0.2) is 0 Å². The Hall–Kier alpha value is 0.230. The SMILES string of the molecule is CC(CO)CSC1CNCC1O. The van der Waals surface area contributed by atoms with Gasteiger partial charge in [-0.05, 0) is 11.7 Å². The summed E-state index contributed by atoms with van der Waals surface area (Å²) >= 11 is 1.75. The van der Waals surface area contributed by atoms with E-state index in [-0.39, 0.29) is 12.7 Å². The molecule has 3 atom stereocenters. The van der Waals surface area contributed by atoms with Crippen LogP contribution in [0.4, 0.5) is 0 Å². The van der Waals surface area contributed by atoms with E-state index in [9.17, 15) is 5.11 Å². The maximum Gasteiger partial charge on any atom is 0.0795 e. The second-order valence-corrected chi connectivity index (χ2v) is 4.66. The van der Waals surface area contributed by atoms with Crippen LogP contribution in [0, 0.1) is 5.92 Å². The lowest BCUT2D eigenvalue weighted by Crippen LogP contribution is -2.21. The molecular weight excluding hydrogens is 174 g/mol. The van der Waals surface area contributed by atoms with Crippen molar-refractivity contribution in [2.75, 3.05) is 25.4 Å². The van der Waals surface area contributed by atoms with Crippen molar-refractivity contribution < 1.29 is 10.2 Å². The third-order valence-corrected chi connectivity index (χ3v) is 3.71. The molecule has 0 radical (unpaired) electrons. The predicted octanol–water partition coefficient (Wildman–Crippen LogP) is -0.319. The van der Waals surface area contributed by atoms with Gasteiger partial charge in [0.2, 0.25) is 0 Å². The molecule has 0 bridgehead atoms. The lowest BCUT2D eigenvalue weighted by atomic mass is 10.2. The normalized spacial score (nSPS) is 32.2. The van der Waals surface area contributed by atoms with E-state index in [4.69, 9.17) is 5.11 Å². The second kappa shape index (κ2) is 5.07. The van der Waals surface area contributed by atoms with Gasteiger partial charge >= 0.3 is 0 Å². The third-order valence-electron chi connectivity index (χ3n) is 2.03. The van der Waals surface area contributed by atoms with Crippen LogP contribution in [0.15, 0.2) is 0 Å². The van der Waals surface area contributed by atoms with Gasteiger partial charge in [0.05, 0.1) is 6.10 Å². The first kappa shape index (κ1) is 10.3. The number of β-amino-alcohol motifs (C(OH)–C–C–N with tert-alkyl or cyclic N) is 1. The van der Waals surface area contributed by atoms with Gasteiger partial charge in [-0.2, -0.15) is 11.8 Å². The van der Waals surface area contributed by atoms with Crippen molar-refractivity contribution in [3.05, 3.63) is 0 Å². The first-order valence-corrected chi connectivity index (χ1v) is 5.40. The van der Waals surface area contributed by atoms with Crippen LogP contribution < -0.4 is 5.32 Å². The zero-order chi connectivity index (χ0) is 8.97. The van der Waals surface area contributed by atoms with E-state index in [2.05, 4.69) is 5.32 Å². The van der Waals surface area contributed by atoms with E-state index < -0.39 is 0 Å². The van der Waals surface area contributed by atoms with Crippen molar-refractivity contribution in [2.24, 2.45) is 5.92 Å². The lowest BCUT2D eigenvalue weighted by Gasteiger charge is -2.14. The van der Waals surface area contributed by atoms with Gasteiger partial charge in [-0.3, -0.25) is 0 Å². The van der Waals surface area contributed by atoms with Crippen LogP contribution in [0.25, 0.3) is 0 Å². The monoisotopic (exact) mass is 191 g/mol. The Morgan fingerprint density at radius 2 is 2.33 bits per heavy atom. The molecule has 0 spiro atoms. The van der Waals surface area contributed by atoms with Crippen LogP contribution in [0.1, 0.15) is 6.92 Å². The molecule has 72 valence electrons. The first-order chi connectivity index (χ1) is 5.74. The molecule has 1 rings (SSSR count). The molecule has 1 heterocycles. The lowest BCUT2D eigenvalue weighted by molar-refractivity contribution is 0.200. The molecule has 1 saturated heterocycles. The quantitative estimate of drug-likeness (QED) is 0.570. The van der Waals surface area contributed by atoms with Crippen molar-refractivity contribution in [2.45, 2.75) is 18.3 Å². The van der Waals surface area contributed by atoms with Gasteiger partial charge in [0.1, 0.15) is 0 Å². The van der Waals surface area contributed by atoms with Gasteiger partial charge in [-0.25, -0.2) is 0 Å². The number of rotatable bonds is 4. The highest BCUT2D eigenvalue weighted by Gasteiger charge is 2.25. The standard InChI is InChI=1S/C8H17NO2S/c1-6(4-10)5-12-8-3-9-2-7(8)11/h6-11H,2-5H2,1H3. The average Bonchev–Trinajstić information content (AvgIpc) is 2.47. The second-order valence-electron chi connectivity index (χ2n) is 3.39. The molecule has 12 heavy (non-hydrogen) atoms. The maximum absolute atomic E-state index is 9.43. The van der Waals surface area contributed by atoms with Crippen molar-refractivity contribution in [3.63, 3.8) is 0 Å². The Labute approximate surface area is 77.5 Å². The molecular formula is C8H17NO2S. The molecule has 4 heteroatoms. The van der Waals surface area contributed by atoms with Gasteiger partial charge in [0, 0.05) is 24.9 Å². The molecule has 0 aliphatic carbocycles. The van der Waals surface area contributed by atoms with Crippen molar-refractivity contribution in [1.29, 1.82) is 0 Å². The highest BCUT2D eigenvalue weighted by Crippen LogP contribution is 2.20. The summed E-state index contributed by atoms with van der Waals surface area (Å²) in [5.41, 5.74) is 0. The summed E-state index contributed by atoms with van der Waals surface area (Å²) in [7, 11) is 0.